The van der Waals surface area contributed by atoms with Gasteiger partial charge in [0.15, 0.2) is 0 Å². The summed E-state index contributed by atoms with van der Waals surface area (Å²) in [4.78, 5) is 3.82. The number of nitrogens with one attached hydrogen (secondary N) is 1. The van der Waals surface area contributed by atoms with Crippen molar-refractivity contribution in [2.45, 2.75) is 19.4 Å². The molecule has 1 saturated heterocycles. The molecule has 0 bridgehead atoms. The Morgan fingerprint density at radius 3 is 3.06 bits per heavy atom. The van der Waals surface area contributed by atoms with Crippen molar-refractivity contribution in [1.29, 1.82) is 0 Å². The van der Waals surface area contributed by atoms with Gasteiger partial charge in [-0.1, -0.05) is 0 Å². The Balaban J connectivity index is 1.80. The van der Waals surface area contributed by atoms with E-state index in [1.807, 2.05) is 11.3 Å². The molecule has 2 rings (SSSR count). The first kappa shape index (κ1) is 12.6. The smallest absolute Gasteiger partial charge is 0.0397 e. The van der Waals surface area contributed by atoms with Crippen LogP contribution in [0, 0.1) is 5.92 Å². The summed E-state index contributed by atoms with van der Waals surface area (Å²) in [7, 11) is 2.21. The highest BCUT2D eigenvalue weighted by Gasteiger charge is 2.20. The molecule has 1 aromatic rings. The lowest BCUT2D eigenvalue weighted by atomic mass is 10.1. The third-order valence-corrected chi connectivity index (χ3v) is 5.29. The van der Waals surface area contributed by atoms with Crippen LogP contribution in [0.4, 0.5) is 0 Å². The monoisotopic (exact) mass is 302 g/mol. The second kappa shape index (κ2) is 5.63. The van der Waals surface area contributed by atoms with Crippen LogP contribution < -0.4 is 5.32 Å². The van der Waals surface area contributed by atoms with Gasteiger partial charge in [-0.15, -0.1) is 11.3 Å². The van der Waals surface area contributed by atoms with Gasteiger partial charge in [0.25, 0.3) is 0 Å². The predicted octanol–water partition coefficient (Wildman–Crippen LogP) is 3.11. The van der Waals surface area contributed by atoms with Crippen LogP contribution >= 0.6 is 27.3 Å². The molecule has 2 heterocycles. The summed E-state index contributed by atoms with van der Waals surface area (Å²) >= 11 is 5.41. The third kappa shape index (κ3) is 3.06. The Morgan fingerprint density at radius 1 is 1.69 bits per heavy atom. The lowest BCUT2D eigenvalue weighted by Crippen LogP contribution is -2.27. The highest BCUT2D eigenvalue weighted by atomic mass is 79.9. The van der Waals surface area contributed by atoms with Crippen LogP contribution in [0.2, 0.25) is 0 Å². The van der Waals surface area contributed by atoms with Gasteiger partial charge >= 0.3 is 0 Å². The SMILES string of the molecule is CC(NCC1CCN(C)C1)c1sccc1Br. The van der Waals surface area contributed by atoms with Crippen molar-refractivity contribution in [3.05, 3.63) is 20.8 Å². The van der Waals surface area contributed by atoms with Crippen molar-refractivity contribution in [3.8, 4) is 0 Å². The maximum Gasteiger partial charge on any atom is 0.0397 e. The molecule has 2 atom stereocenters. The Labute approximate surface area is 110 Å². The lowest BCUT2D eigenvalue weighted by Gasteiger charge is -2.16. The van der Waals surface area contributed by atoms with Gasteiger partial charge in [0.1, 0.15) is 0 Å². The first-order chi connectivity index (χ1) is 7.66. The molecule has 1 aliphatic rings. The average molecular weight is 303 g/mol. The second-order valence-electron chi connectivity index (χ2n) is 4.68. The molecule has 0 saturated carbocycles. The van der Waals surface area contributed by atoms with E-state index in [1.54, 1.807) is 0 Å². The van der Waals surface area contributed by atoms with Crippen molar-refractivity contribution in [3.63, 3.8) is 0 Å². The Morgan fingerprint density at radius 2 is 2.50 bits per heavy atom. The molecule has 1 N–H and O–H groups in total. The summed E-state index contributed by atoms with van der Waals surface area (Å²) in [6, 6.07) is 2.59. The zero-order chi connectivity index (χ0) is 11.5. The van der Waals surface area contributed by atoms with Crippen molar-refractivity contribution in [2.24, 2.45) is 5.92 Å². The maximum atomic E-state index is 3.64. The second-order valence-corrected chi connectivity index (χ2v) is 6.48. The number of halogens is 1. The summed E-state index contributed by atoms with van der Waals surface area (Å²) in [5.74, 6) is 0.825. The van der Waals surface area contributed by atoms with E-state index >= 15 is 0 Å². The minimum Gasteiger partial charge on any atom is -0.309 e. The Kier molecular flexibility index (Phi) is 4.41. The number of nitrogens with zero attached hydrogens (tertiary/aromatic N) is 1. The fourth-order valence-corrected chi connectivity index (χ4v) is 3.99. The minimum absolute atomic E-state index is 0.459. The Hall–Kier alpha value is 0.100. The average Bonchev–Trinajstić information content (AvgIpc) is 2.84. The van der Waals surface area contributed by atoms with Crippen LogP contribution in [-0.4, -0.2) is 31.6 Å². The van der Waals surface area contributed by atoms with E-state index in [-0.39, 0.29) is 0 Å². The van der Waals surface area contributed by atoms with Crippen LogP contribution in [0.15, 0.2) is 15.9 Å². The first-order valence-electron chi connectivity index (χ1n) is 5.81. The van der Waals surface area contributed by atoms with E-state index in [4.69, 9.17) is 0 Å². The molecular formula is C12H19BrN2S. The molecule has 4 heteroatoms. The van der Waals surface area contributed by atoms with Crippen molar-refractivity contribution < 1.29 is 0 Å². The topological polar surface area (TPSA) is 15.3 Å². The molecule has 2 nitrogen and oxygen atoms in total. The molecule has 2 unspecified atom stereocenters. The van der Waals surface area contributed by atoms with E-state index in [9.17, 15) is 0 Å². The lowest BCUT2D eigenvalue weighted by molar-refractivity contribution is 0.382. The van der Waals surface area contributed by atoms with Crippen LogP contribution in [0.25, 0.3) is 0 Å². The van der Waals surface area contributed by atoms with E-state index < -0.39 is 0 Å². The zero-order valence-electron chi connectivity index (χ0n) is 9.87. The van der Waals surface area contributed by atoms with Gasteiger partial charge in [0.2, 0.25) is 0 Å². The molecular weight excluding hydrogens is 284 g/mol. The summed E-state index contributed by atoms with van der Waals surface area (Å²) in [6.07, 6.45) is 1.34. The molecule has 16 heavy (non-hydrogen) atoms. The predicted molar refractivity (Wildman–Crippen MR) is 74.0 cm³/mol. The molecule has 0 aliphatic carbocycles. The number of likely N-dealkylation sites (tertiary alicyclic amines) is 1. The van der Waals surface area contributed by atoms with Crippen LogP contribution in [-0.2, 0) is 0 Å². The van der Waals surface area contributed by atoms with Gasteiger partial charge in [0.05, 0.1) is 0 Å². The summed E-state index contributed by atoms with van der Waals surface area (Å²) in [5.41, 5.74) is 0. The van der Waals surface area contributed by atoms with Crippen LogP contribution in [0.1, 0.15) is 24.3 Å². The number of hydrogen-bond acceptors (Lipinski definition) is 3. The van der Waals surface area contributed by atoms with Crippen LogP contribution in [0.5, 0.6) is 0 Å². The van der Waals surface area contributed by atoms with Crippen molar-refractivity contribution >= 4 is 27.3 Å². The standard InChI is InChI=1S/C12H19BrN2S/c1-9(12-11(13)4-6-16-12)14-7-10-3-5-15(2)8-10/h4,6,9-10,14H,3,5,7-8H2,1-2H3. The summed E-state index contributed by atoms with van der Waals surface area (Å²) < 4.78 is 1.24. The summed E-state index contributed by atoms with van der Waals surface area (Å²) in [5, 5.41) is 5.78. The number of thiophene rings is 1. The number of rotatable bonds is 4. The summed E-state index contributed by atoms with van der Waals surface area (Å²) in [6.45, 7) is 5.87. The van der Waals surface area contributed by atoms with Gasteiger partial charge in [-0.3, -0.25) is 0 Å². The van der Waals surface area contributed by atoms with Gasteiger partial charge in [-0.2, -0.15) is 0 Å². The molecule has 1 fully saturated rings. The normalized spacial score (nSPS) is 23.8. The van der Waals surface area contributed by atoms with Gasteiger partial charge in [0, 0.05) is 21.9 Å². The van der Waals surface area contributed by atoms with Gasteiger partial charge < -0.3 is 10.2 Å². The Bertz CT molecular complexity index is 340. The van der Waals surface area contributed by atoms with Gasteiger partial charge in [-0.05, 0) is 66.8 Å². The van der Waals surface area contributed by atoms with E-state index in [0.29, 0.717) is 6.04 Å². The molecule has 0 amide bonds. The fraction of sp³-hybridized carbons (Fsp3) is 0.667. The molecule has 0 aromatic carbocycles. The van der Waals surface area contributed by atoms with E-state index in [0.717, 1.165) is 12.5 Å². The largest absolute Gasteiger partial charge is 0.309 e. The molecule has 90 valence electrons. The zero-order valence-corrected chi connectivity index (χ0v) is 12.3. The quantitative estimate of drug-likeness (QED) is 0.919. The first-order valence-corrected chi connectivity index (χ1v) is 7.49. The fourth-order valence-electron chi connectivity index (χ4n) is 2.24. The van der Waals surface area contributed by atoms with Crippen LogP contribution in [0.3, 0.4) is 0 Å². The van der Waals surface area contributed by atoms with Crippen molar-refractivity contribution in [2.75, 3.05) is 26.7 Å². The van der Waals surface area contributed by atoms with E-state index in [1.165, 1.54) is 28.9 Å². The molecule has 0 spiro atoms. The highest BCUT2D eigenvalue weighted by Crippen LogP contribution is 2.29. The highest BCUT2D eigenvalue weighted by molar-refractivity contribution is 9.10. The minimum atomic E-state index is 0.459. The molecule has 0 radical (unpaired) electrons. The third-order valence-electron chi connectivity index (χ3n) is 3.24. The molecule has 1 aliphatic heterocycles. The van der Waals surface area contributed by atoms with E-state index in [2.05, 4.69) is 51.6 Å². The number of hydrogen-bond donors (Lipinski definition) is 1. The van der Waals surface area contributed by atoms with Gasteiger partial charge in [-0.25, -0.2) is 0 Å². The van der Waals surface area contributed by atoms with Crippen molar-refractivity contribution in [1.82, 2.24) is 10.2 Å². The molecule has 1 aromatic heterocycles. The maximum absolute atomic E-state index is 3.64.